The Morgan fingerprint density at radius 1 is 1.37 bits per heavy atom. The van der Waals surface area contributed by atoms with Gasteiger partial charge >= 0.3 is 6.18 Å². The number of rotatable bonds is 2. The zero-order valence-electron chi connectivity index (χ0n) is 10.9. The van der Waals surface area contributed by atoms with Crippen LogP contribution in [-0.4, -0.2) is 48.6 Å². The van der Waals surface area contributed by atoms with Gasteiger partial charge in [0.25, 0.3) is 5.91 Å². The molecule has 0 aliphatic carbocycles. The van der Waals surface area contributed by atoms with Crippen LogP contribution in [0.3, 0.4) is 0 Å². The second-order valence-electron chi connectivity index (χ2n) is 4.90. The van der Waals surface area contributed by atoms with E-state index in [2.05, 4.69) is 5.32 Å². The fraction of sp³-hybridized carbons (Fsp3) is 0.818. The van der Waals surface area contributed by atoms with Gasteiger partial charge in [-0.25, -0.2) is 0 Å². The normalized spacial score (nSPS) is 23.7. The fourth-order valence-electron chi connectivity index (χ4n) is 2.03. The molecule has 2 amide bonds. The molecule has 110 valence electrons. The highest BCUT2D eigenvalue weighted by Crippen LogP contribution is 2.31. The van der Waals surface area contributed by atoms with Crippen LogP contribution < -0.4 is 11.1 Å². The summed E-state index contributed by atoms with van der Waals surface area (Å²) in [4.78, 5) is 24.4. The van der Waals surface area contributed by atoms with Gasteiger partial charge in [0.05, 0.1) is 5.92 Å². The summed E-state index contributed by atoms with van der Waals surface area (Å²) in [5.41, 5.74) is 2.19. The van der Waals surface area contributed by atoms with Crippen LogP contribution >= 0.6 is 0 Å². The van der Waals surface area contributed by atoms with Crippen molar-refractivity contribution in [2.75, 3.05) is 20.1 Å². The van der Waals surface area contributed by atoms with Crippen LogP contribution in [0.5, 0.6) is 0 Å². The monoisotopic (exact) mass is 281 g/mol. The SMILES string of the molecule is CNC(=O)C1CCCN(C(=O)C(C)(N)C(F)(F)F)C1. The van der Waals surface area contributed by atoms with Gasteiger partial charge in [-0.05, 0) is 19.8 Å². The number of carbonyl (C=O) groups is 2. The van der Waals surface area contributed by atoms with Crippen molar-refractivity contribution in [2.24, 2.45) is 11.7 Å². The van der Waals surface area contributed by atoms with E-state index in [1.54, 1.807) is 0 Å². The molecule has 8 heteroatoms. The largest absolute Gasteiger partial charge is 0.415 e. The van der Waals surface area contributed by atoms with Crippen LogP contribution in [0.15, 0.2) is 0 Å². The van der Waals surface area contributed by atoms with Crippen LogP contribution in [0.1, 0.15) is 19.8 Å². The fourth-order valence-corrected chi connectivity index (χ4v) is 2.03. The summed E-state index contributed by atoms with van der Waals surface area (Å²) in [5, 5.41) is 2.43. The average molecular weight is 281 g/mol. The van der Waals surface area contributed by atoms with Gasteiger partial charge in [-0.1, -0.05) is 0 Å². The van der Waals surface area contributed by atoms with Crippen molar-refractivity contribution < 1.29 is 22.8 Å². The van der Waals surface area contributed by atoms with E-state index in [-0.39, 0.29) is 19.0 Å². The predicted octanol–water partition coefficient (Wildman–Crippen LogP) is 0.251. The van der Waals surface area contributed by atoms with Gasteiger partial charge in [0, 0.05) is 20.1 Å². The Morgan fingerprint density at radius 3 is 2.42 bits per heavy atom. The molecule has 0 aromatic carbocycles. The first-order chi connectivity index (χ1) is 8.61. The highest BCUT2D eigenvalue weighted by Gasteiger charge is 2.55. The van der Waals surface area contributed by atoms with Gasteiger partial charge in [0.2, 0.25) is 5.91 Å². The Kier molecular flexibility index (Phi) is 4.44. The lowest BCUT2D eigenvalue weighted by atomic mass is 9.94. The lowest BCUT2D eigenvalue weighted by molar-refractivity contribution is -0.194. The summed E-state index contributed by atoms with van der Waals surface area (Å²) in [7, 11) is 1.45. The topological polar surface area (TPSA) is 75.4 Å². The summed E-state index contributed by atoms with van der Waals surface area (Å²) < 4.78 is 38.1. The molecule has 1 rings (SSSR count). The molecule has 1 fully saturated rings. The van der Waals surface area contributed by atoms with Gasteiger partial charge < -0.3 is 16.0 Å². The number of carbonyl (C=O) groups excluding carboxylic acids is 2. The molecule has 3 N–H and O–H groups in total. The molecule has 0 saturated carbocycles. The van der Waals surface area contributed by atoms with Crippen molar-refractivity contribution in [3.05, 3.63) is 0 Å². The molecule has 1 aliphatic rings. The molecule has 0 aromatic rings. The molecule has 1 saturated heterocycles. The molecule has 0 radical (unpaired) electrons. The van der Waals surface area contributed by atoms with E-state index in [1.165, 1.54) is 7.05 Å². The minimum atomic E-state index is -4.82. The van der Waals surface area contributed by atoms with Crippen molar-refractivity contribution in [3.8, 4) is 0 Å². The van der Waals surface area contributed by atoms with Crippen molar-refractivity contribution in [3.63, 3.8) is 0 Å². The highest BCUT2D eigenvalue weighted by atomic mass is 19.4. The van der Waals surface area contributed by atoms with Crippen LogP contribution in [-0.2, 0) is 9.59 Å². The minimum Gasteiger partial charge on any atom is -0.359 e. The maximum absolute atomic E-state index is 12.7. The van der Waals surface area contributed by atoms with Crippen LogP contribution in [0, 0.1) is 5.92 Å². The molecule has 2 unspecified atom stereocenters. The van der Waals surface area contributed by atoms with Crippen molar-refractivity contribution >= 4 is 11.8 Å². The second-order valence-corrected chi connectivity index (χ2v) is 4.90. The zero-order chi connectivity index (χ0) is 14.8. The first kappa shape index (κ1) is 15.7. The molecule has 0 spiro atoms. The Morgan fingerprint density at radius 2 is 1.95 bits per heavy atom. The number of alkyl halides is 3. The molecule has 1 heterocycles. The number of hydrogen-bond donors (Lipinski definition) is 2. The molecular weight excluding hydrogens is 263 g/mol. The van der Waals surface area contributed by atoms with E-state index >= 15 is 0 Å². The standard InChI is InChI=1S/C11H18F3N3O2/c1-10(15,11(12,13)14)9(19)17-5-3-4-7(6-17)8(18)16-2/h7H,3-6,15H2,1-2H3,(H,16,18). The number of nitrogens with one attached hydrogen (secondary N) is 1. The Hall–Kier alpha value is -1.31. The number of nitrogens with zero attached hydrogens (tertiary/aromatic N) is 1. The van der Waals surface area contributed by atoms with Gasteiger partial charge in [0.1, 0.15) is 0 Å². The summed E-state index contributed by atoms with van der Waals surface area (Å²) in [6.07, 6.45) is -3.78. The predicted molar refractivity (Wildman–Crippen MR) is 62.0 cm³/mol. The Balaban J connectivity index is 2.80. The van der Waals surface area contributed by atoms with E-state index in [0.717, 1.165) is 4.90 Å². The Labute approximate surface area is 109 Å². The lowest BCUT2D eigenvalue weighted by Crippen LogP contribution is -2.63. The molecule has 19 heavy (non-hydrogen) atoms. The number of likely N-dealkylation sites (tertiary alicyclic amines) is 1. The van der Waals surface area contributed by atoms with E-state index in [0.29, 0.717) is 19.8 Å². The molecule has 0 bridgehead atoms. The zero-order valence-corrected chi connectivity index (χ0v) is 10.9. The first-order valence-corrected chi connectivity index (χ1v) is 5.98. The quantitative estimate of drug-likeness (QED) is 0.762. The summed E-state index contributed by atoms with van der Waals surface area (Å²) in [6.45, 7) is 0.815. The van der Waals surface area contributed by atoms with E-state index in [9.17, 15) is 22.8 Å². The van der Waals surface area contributed by atoms with Crippen LogP contribution in [0.4, 0.5) is 13.2 Å². The van der Waals surface area contributed by atoms with Crippen molar-refractivity contribution in [1.82, 2.24) is 10.2 Å². The molecule has 0 aromatic heterocycles. The minimum absolute atomic E-state index is 0.0264. The number of piperidine rings is 1. The van der Waals surface area contributed by atoms with Crippen LogP contribution in [0.25, 0.3) is 0 Å². The average Bonchev–Trinajstić information content (AvgIpc) is 2.35. The third kappa shape index (κ3) is 3.17. The molecule has 1 aliphatic heterocycles. The summed E-state index contributed by atoms with van der Waals surface area (Å²) in [6, 6.07) is 0. The van der Waals surface area contributed by atoms with Gasteiger partial charge in [0.15, 0.2) is 5.54 Å². The first-order valence-electron chi connectivity index (χ1n) is 5.98. The highest BCUT2D eigenvalue weighted by molar-refractivity contribution is 5.87. The van der Waals surface area contributed by atoms with E-state index < -0.39 is 23.5 Å². The number of hydrogen-bond acceptors (Lipinski definition) is 3. The molecule has 5 nitrogen and oxygen atoms in total. The second kappa shape index (κ2) is 5.36. The van der Waals surface area contributed by atoms with E-state index in [4.69, 9.17) is 5.73 Å². The third-order valence-corrected chi connectivity index (χ3v) is 3.36. The number of amides is 2. The van der Waals surface area contributed by atoms with E-state index in [1.807, 2.05) is 0 Å². The molecular formula is C11H18F3N3O2. The maximum Gasteiger partial charge on any atom is 0.415 e. The van der Waals surface area contributed by atoms with Gasteiger partial charge in [-0.2, -0.15) is 13.2 Å². The third-order valence-electron chi connectivity index (χ3n) is 3.36. The smallest absolute Gasteiger partial charge is 0.359 e. The van der Waals surface area contributed by atoms with Crippen molar-refractivity contribution in [2.45, 2.75) is 31.5 Å². The summed E-state index contributed by atoms with van der Waals surface area (Å²) in [5.74, 6) is -1.94. The Bertz CT molecular complexity index is 369. The maximum atomic E-state index is 12.7. The van der Waals surface area contributed by atoms with Gasteiger partial charge in [-0.3, -0.25) is 9.59 Å². The number of nitrogens with two attached hydrogens (primary N) is 1. The summed E-state index contributed by atoms with van der Waals surface area (Å²) >= 11 is 0. The van der Waals surface area contributed by atoms with Gasteiger partial charge in [-0.15, -0.1) is 0 Å². The lowest BCUT2D eigenvalue weighted by Gasteiger charge is -2.37. The molecule has 2 atom stereocenters. The number of halogens is 3. The van der Waals surface area contributed by atoms with Crippen LogP contribution in [0.2, 0.25) is 0 Å². The van der Waals surface area contributed by atoms with Crippen molar-refractivity contribution in [1.29, 1.82) is 0 Å².